The molecule has 2 N–H and O–H groups in total. The van der Waals surface area contributed by atoms with Gasteiger partial charge in [-0.15, -0.1) is 0 Å². The van der Waals surface area contributed by atoms with Gasteiger partial charge in [0.15, 0.2) is 0 Å². The lowest BCUT2D eigenvalue weighted by atomic mass is 10.2. The van der Waals surface area contributed by atoms with Gasteiger partial charge in [0.05, 0.1) is 4.90 Å². The van der Waals surface area contributed by atoms with Crippen molar-refractivity contribution < 1.29 is 8.42 Å². The molecule has 1 aromatic rings. The summed E-state index contributed by atoms with van der Waals surface area (Å²) in [5.41, 5.74) is 6.57. The predicted octanol–water partition coefficient (Wildman–Crippen LogP) is 0.514. The average Bonchev–Trinajstić information content (AvgIpc) is 2.48. The molecular formula is C14H23N3O2S. The molecule has 5 nitrogen and oxygen atoms in total. The van der Waals surface area contributed by atoms with Crippen molar-refractivity contribution in [1.82, 2.24) is 9.21 Å². The summed E-state index contributed by atoms with van der Waals surface area (Å²) in [6.07, 6.45) is 0.773. The summed E-state index contributed by atoms with van der Waals surface area (Å²) in [6.45, 7) is 6.40. The monoisotopic (exact) mass is 297 g/mol. The minimum atomic E-state index is -3.35. The van der Waals surface area contributed by atoms with Crippen LogP contribution in [0.2, 0.25) is 0 Å². The first-order chi connectivity index (χ1) is 9.57. The van der Waals surface area contributed by atoms with Gasteiger partial charge in [-0.1, -0.05) is 19.1 Å². The quantitative estimate of drug-likeness (QED) is 0.860. The lowest BCUT2D eigenvalue weighted by Crippen LogP contribution is -2.48. The zero-order valence-corrected chi connectivity index (χ0v) is 12.8. The highest BCUT2D eigenvalue weighted by Crippen LogP contribution is 2.18. The third-order valence-corrected chi connectivity index (χ3v) is 5.69. The maximum atomic E-state index is 12.5. The smallest absolute Gasteiger partial charge is 0.243 e. The molecule has 0 amide bonds. The number of benzene rings is 1. The molecule has 0 aromatic heterocycles. The summed E-state index contributed by atoms with van der Waals surface area (Å²) < 4.78 is 26.6. The third kappa shape index (κ3) is 3.38. The minimum Gasteiger partial charge on any atom is -0.330 e. The normalized spacial score (nSPS) is 18.3. The van der Waals surface area contributed by atoms with Gasteiger partial charge < -0.3 is 10.6 Å². The molecule has 0 spiro atoms. The number of nitrogens with two attached hydrogens (primary N) is 1. The van der Waals surface area contributed by atoms with E-state index in [4.69, 9.17) is 5.73 Å². The van der Waals surface area contributed by atoms with Gasteiger partial charge in [-0.25, -0.2) is 8.42 Å². The standard InChI is InChI=1S/C14H23N3O2S/c1-2-16-9-11-17(12-10-16)20(18,19)14-5-3-13(4-6-14)7-8-15/h3-6H,2,7-12,15H2,1H3. The van der Waals surface area contributed by atoms with Crippen LogP contribution in [0.1, 0.15) is 12.5 Å². The van der Waals surface area contributed by atoms with Gasteiger partial charge in [0.2, 0.25) is 10.0 Å². The molecule has 6 heteroatoms. The Bertz CT molecular complexity index is 520. The molecule has 2 rings (SSSR count). The van der Waals surface area contributed by atoms with Crippen molar-refractivity contribution in [1.29, 1.82) is 0 Å². The van der Waals surface area contributed by atoms with E-state index in [0.29, 0.717) is 24.5 Å². The van der Waals surface area contributed by atoms with Crippen molar-refractivity contribution in [3.63, 3.8) is 0 Å². The number of sulfonamides is 1. The van der Waals surface area contributed by atoms with E-state index in [9.17, 15) is 8.42 Å². The van der Waals surface area contributed by atoms with Crippen molar-refractivity contribution in [2.75, 3.05) is 39.3 Å². The molecule has 20 heavy (non-hydrogen) atoms. The summed E-state index contributed by atoms with van der Waals surface area (Å²) in [6, 6.07) is 7.07. The van der Waals surface area contributed by atoms with Crippen molar-refractivity contribution in [2.45, 2.75) is 18.2 Å². The van der Waals surface area contributed by atoms with Gasteiger partial charge in [0.1, 0.15) is 0 Å². The number of hydrogen-bond donors (Lipinski definition) is 1. The fraction of sp³-hybridized carbons (Fsp3) is 0.571. The molecule has 0 bridgehead atoms. The molecular weight excluding hydrogens is 274 g/mol. The second-order valence-electron chi connectivity index (χ2n) is 5.02. The van der Waals surface area contributed by atoms with E-state index in [0.717, 1.165) is 31.6 Å². The van der Waals surface area contributed by atoms with Crippen LogP contribution in [0.3, 0.4) is 0 Å². The van der Waals surface area contributed by atoms with Gasteiger partial charge in [-0.2, -0.15) is 4.31 Å². The Balaban J connectivity index is 2.10. The zero-order chi connectivity index (χ0) is 14.6. The maximum Gasteiger partial charge on any atom is 0.243 e. The Labute approximate surface area is 121 Å². The van der Waals surface area contributed by atoms with Crippen LogP contribution < -0.4 is 5.73 Å². The van der Waals surface area contributed by atoms with Crippen molar-refractivity contribution in [2.24, 2.45) is 5.73 Å². The predicted molar refractivity (Wildman–Crippen MR) is 80.1 cm³/mol. The fourth-order valence-corrected chi connectivity index (χ4v) is 3.85. The molecule has 0 saturated carbocycles. The number of rotatable bonds is 5. The molecule has 0 unspecified atom stereocenters. The Morgan fingerprint density at radius 3 is 2.20 bits per heavy atom. The van der Waals surface area contributed by atoms with Crippen LogP contribution in [0.15, 0.2) is 29.2 Å². The van der Waals surface area contributed by atoms with E-state index in [1.54, 1.807) is 16.4 Å². The molecule has 0 atom stereocenters. The summed E-state index contributed by atoms with van der Waals surface area (Å²) in [7, 11) is -3.35. The van der Waals surface area contributed by atoms with E-state index >= 15 is 0 Å². The second-order valence-corrected chi connectivity index (χ2v) is 6.96. The first-order valence-corrected chi connectivity index (χ1v) is 8.53. The fourth-order valence-electron chi connectivity index (χ4n) is 2.43. The van der Waals surface area contributed by atoms with Crippen LogP contribution in [0.25, 0.3) is 0 Å². The molecule has 112 valence electrons. The molecule has 1 aromatic carbocycles. The van der Waals surface area contributed by atoms with Crippen LogP contribution in [-0.2, 0) is 16.4 Å². The minimum absolute atomic E-state index is 0.378. The van der Waals surface area contributed by atoms with E-state index in [2.05, 4.69) is 11.8 Å². The van der Waals surface area contributed by atoms with Crippen LogP contribution in [0, 0.1) is 0 Å². The van der Waals surface area contributed by atoms with Gasteiger partial charge in [0.25, 0.3) is 0 Å². The summed E-state index contributed by atoms with van der Waals surface area (Å²) in [5, 5.41) is 0. The summed E-state index contributed by atoms with van der Waals surface area (Å²) in [5.74, 6) is 0. The highest BCUT2D eigenvalue weighted by atomic mass is 32.2. The number of likely N-dealkylation sites (N-methyl/N-ethyl adjacent to an activating group) is 1. The Morgan fingerprint density at radius 1 is 1.10 bits per heavy atom. The number of nitrogens with zero attached hydrogens (tertiary/aromatic N) is 2. The Hall–Kier alpha value is -0.950. The first-order valence-electron chi connectivity index (χ1n) is 7.09. The second kappa shape index (κ2) is 6.67. The number of hydrogen-bond acceptors (Lipinski definition) is 4. The van der Waals surface area contributed by atoms with Crippen LogP contribution in [0.5, 0.6) is 0 Å². The van der Waals surface area contributed by atoms with Gasteiger partial charge in [-0.3, -0.25) is 0 Å². The zero-order valence-electron chi connectivity index (χ0n) is 12.0. The Kier molecular flexibility index (Phi) is 5.15. The highest BCUT2D eigenvalue weighted by Gasteiger charge is 2.27. The molecule has 1 fully saturated rings. The van der Waals surface area contributed by atoms with Crippen molar-refractivity contribution in [3.8, 4) is 0 Å². The molecule has 1 heterocycles. The van der Waals surface area contributed by atoms with E-state index in [-0.39, 0.29) is 0 Å². The molecule has 1 saturated heterocycles. The topological polar surface area (TPSA) is 66.6 Å². The van der Waals surface area contributed by atoms with Gasteiger partial charge >= 0.3 is 0 Å². The molecule has 0 radical (unpaired) electrons. The van der Waals surface area contributed by atoms with Crippen LogP contribution in [0.4, 0.5) is 0 Å². The van der Waals surface area contributed by atoms with Crippen molar-refractivity contribution in [3.05, 3.63) is 29.8 Å². The Morgan fingerprint density at radius 2 is 1.70 bits per heavy atom. The molecule has 1 aliphatic heterocycles. The lowest BCUT2D eigenvalue weighted by Gasteiger charge is -2.33. The SMILES string of the molecule is CCN1CCN(S(=O)(=O)c2ccc(CCN)cc2)CC1. The summed E-state index contributed by atoms with van der Waals surface area (Å²) in [4.78, 5) is 2.64. The van der Waals surface area contributed by atoms with Crippen LogP contribution in [-0.4, -0.2) is 56.9 Å². The van der Waals surface area contributed by atoms with E-state index < -0.39 is 10.0 Å². The van der Waals surface area contributed by atoms with E-state index in [1.165, 1.54) is 0 Å². The largest absolute Gasteiger partial charge is 0.330 e. The molecule has 0 aliphatic carbocycles. The third-order valence-electron chi connectivity index (χ3n) is 3.77. The lowest BCUT2D eigenvalue weighted by molar-refractivity contribution is 0.196. The van der Waals surface area contributed by atoms with Gasteiger partial charge in [-0.05, 0) is 37.2 Å². The average molecular weight is 297 g/mol. The van der Waals surface area contributed by atoms with Crippen LogP contribution >= 0.6 is 0 Å². The van der Waals surface area contributed by atoms with Gasteiger partial charge in [0, 0.05) is 26.2 Å². The van der Waals surface area contributed by atoms with Crippen molar-refractivity contribution >= 4 is 10.0 Å². The molecule has 1 aliphatic rings. The highest BCUT2D eigenvalue weighted by molar-refractivity contribution is 7.89. The summed E-state index contributed by atoms with van der Waals surface area (Å²) >= 11 is 0. The number of piperazine rings is 1. The first kappa shape index (κ1) is 15.4. The van der Waals surface area contributed by atoms with E-state index in [1.807, 2.05) is 12.1 Å². The maximum absolute atomic E-state index is 12.5.